The number of nitrogens with two attached hydrogens (primary N) is 1. The van der Waals surface area contributed by atoms with Crippen molar-refractivity contribution in [2.45, 2.75) is 30.7 Å². The van der Waals surface area contributed by atoms with E-state index in [1.807, 2.05) is 6.92 Å². The quantitative estimate of drug-likeness (QED) is 0.785. The van der Waals surface area contributed by atoms with Crippen LogP contribution in [0.3, 0.4) is 0 Å². The number of rotatable bonds is 6. The predicted octanol–water partition coefficient (Wildman–Crippen LogP) is 1.70. The van der Waals surface area contributed by atoms with Crippen LogP contribution in [0.4, 0.5) is 8.78 Å². The van der Waals surface area contributed by atoms with Crippen molar-refractivity contribution in [3.05, 3.63) is 29.8 Å². The van der Waals surface area contributed by atoms with E-state index in [1.165, 1.54) is 0 Å². The first kappa shape index (κ1) is 15.9. The van der Waals surface area contributed by atoms with Gasteiger partial charge in [-0.1, -0.05) is 25.6 Å². The Balaban J connectivity index is 3.06. The van der Waals surface area contributed by atoms with Crippen LogP contribution >= 0.6 is 12.2 Å². The molecule has 0 saturated carbocycles. The van der Waals surface area contributed by atoms with E-state index in [-0.39, 0.29) is 4.99 Å². The van der Waals surface area contributed by atoms with Gasteiger partial charge in [-0.25, -0.2) is 21.9 Å². The number of benzene rings is 1. The first-order chi connectivity index (χ1) is 8.77. The van der Waals surface area contributed by atoms with Gasteiger partial charge in [0.15, 0.2) is 0 Å². The standard InChI is InChI=1S/C11H14F2N2O2S2/c1-2-3-9(11(14)18)15-19(16,17)10-5-4-7(12)6-8(10)13/h4-6,9,15H,2-3H2,1H3,(H2,14,18). The highest BCUT2D eigenvalue weighted by molar-refractivity contribution is 7.89. The average molecular weight is 308 g/mol. The summed E-state index contributed by atoms with van der Waals surface area (Å²) in [5.74, 6) is -2.01. The molecule has 1 aromatic carbocycles. The van der Waals surface area contributed by atoms with Crippen molar-refractivity contribution in [2.75, 3.05) is 0 Å². The van der Waals surface area contributed by atoms with E-state index >= 15 is 0 Å². The van der Waals surface area contributed by atoms with Crippen LogP contribution in [0, 0.1) is 11.6 Å². The monoisotopic (exact) mass is 308 g/mol. The molecule has 3 N–H and O–H groups in total. The second-order valence-corrected chi connectivity index (χ2v) is 6.09. The number of nitrogens with one attached hydrogen (secondary N) is 1. The second-order valence-electron chi connectivity index (χ2n) is 3.94. The molecule has 0 aliphatic carbocycles. The molecule has 106 valence electrons. The fourth-order valence-corrected chi connectivity index (χ4v) is 3.05. The molecule has 0 bridgehead atoms. The molecule has 0 aliphatic heterocycles. The summed E-state index contributed by atoms with van der Waals surface area (Å²) in [6.07, 6.45) is 1.05. The molecule has 1 aromatic rings. The number of hydrogen-bond acceptors (Lipinski definition) is 3. The number of halogens is 2. The maximum atomic E-state index is 13.5. The zero-order chi connectivity index (χ0) is 14.6. The van der Waals surface area contributed by atoms with E-state index in [1.54, 1.807) is 0 Å². The molecule has 0 aromatic heterocycles. The first-order valence-electron chi connectivity index (χ1n) is 5.54. The SMILES string of the molecule is CCCC(NS(=O)(=O)c1ccc(F)cc1F)C(N)=S. The van der Waals surface area contributed by atoms with Gasteiger partial charge in [-0.3, -0.25) is 0 Å². The Morgan fingerprint density at radius 2 is 2.11 bits per heavy atom. The van der Waals surface area contributed by atoms with Gasteiger partial charge in [0.1, 0.15) is 16.5 Å². The van der Waals surface area contributed by atoms with Crippen LogP contribution in [0.5, 0.6) is 0 Å². The Morgan fingerprint density at radius 3 is 2.58 bits per heavy atom. The number of hydrogen-bond donors (Lipinski definition) is 2. The van der Waals surface area contributed by atoms with Gasteiger partial charge in [0.25, 0.3) is 0 Å². The maximum Gasteiger partial charge on any atom is 0.244 e. The van der Waals surface area contributed by atoms with Gasteiger partial charge >= 0.3 is 0 Å². The van der Waals surface area contributed by atoms with Gasteiger partial charge in [0.2, 0.25) is 10.0 Å². The van der Waals surface area contributed by atoms with E-state index < -0.39 is 32.6 Å². The average Bonchev–Trinajstić information content (AvgIpc) is 2.27. The third-order valence-electron chi connectivity index (χ3n) is 2.40. The van der Waals surface area contributed by atoms with Crippen molar-refractivity contribution in [1.82, 2.24) is 4.72 Å². The molecule has 1 atom stereocenters. The van der Waals surface area contributed by atoms with E-state index in [0.717, 1.165) is 12.1 Å². The van der Waals surface area contributed by atoms with Gasteiger partial charge in [-0.15, -0.1) is 0 Å². The molecule has 19 heavy (non-hydrogen) atoms. The molecule has 4 nitrogen and oxygen atoms in total. The van der Waals surface area contributed by atoms with Crippen molar-refractivity contribution in [2.24, 2.45) is 5.73 Å². The van der Waals surface area contributed by atoms with Crippen molar-refractivity contribution in [3.8, 4) is 0 Å². The Hall–Kier alpha value is -1.12. The highest BCUT2D eigenvalue weighted by Gasteiger charge is 2.24. The maximum absolute atomic E-state index is 13.5. The molecule has 1 unspecified atom stereocenters. The molecule has 0 amide bonds. The lowest BCUT2D eigenvalue weighted by Crippen LogP contribution is -2.43. The first-order valence-corrected chi connectivity index (χ1v) is 7.43. The highest BCUT2D eigenvalue weighted by atomic mass is 32.2. The summed E-state index contributed by atoms with van der Waals surface area (Å²) in [4.78, 5) is -0.654. The van der Waals surface area contributed by atoms with Gasteiger partial charge in [-0.05, 0) is 18.6 Å². The second kappa shape index (κ2) is 6.36. The minimum atomic E-state index is -4.13. The van der Waals surface area contributed by atoms with Crippen LogP contribution < -0.4 is 10.5 Å². The van der Waals surface area contributed by atoms with Crippen LogP contribution in [0.1, 0.15) is 19.8 Å². The molecule has 0 aliphatic rings. The molecular formula is C11H14F2N2O2S2. The van der Waals surface area contributed by atoms with Gasteiger partial charge in [0, 0.05) is 6.07 Å². The van der Waals surface area contributed by atoms with Gasteiger partial charge < -0.3 is 5.73 Å². The third kappa shape index (κ3) is 4.19. The molecule has 0 saturated heterocycles. The molecular weight excluding hydrogens is 294 g/mol. The van der Waals surface area contributed by atoms with Gasteiger partial charge in [-0.2, -0.15) is 0 Å². The fourth-order valence-electron chi connectivity index (χ4n) is 1.49. The van der Waals surface area contributed by atoms with Crippen LogP contribution in [0.25, 0.3) is 0 Å². The van der Waals surface area contributed by atoms with E-state index in [2.05, 4.69) is 4.72 Å². The minimum Gasteiger partial charge on any atom is -0.392 e. The van der Waals surface area contributed by atoms with Crippen LogP contribution in [-0.2, 0) is 10.0 Å². The summed E-state index contributed by atoms with van der Waals surface area (Å²) in [5, 5.41) is 0. The normalized spacial score (nSPS) is 13.2. The van der Waals surface area contributed by atoms with Crippen molar-refractivity contribution >= 4 is 27.2 Å². The lowest BCUT2D eigenvalue weighted by Gasteiger charge is -2.17. The predicted molar refractivity (Wildman–Crippen MR) is 72.2 cm³/mol. The molecule has 1 rings (SSSR count). The molecule has 0 heterocycles. The molecule has 0 spiro atoms. The lowest BCUT2D eigenvalue weighted by molar-refractivity contribution is 0.537. The van der Waals surface area contributed by atoms with Crippen LogP contribution in [0.2, 0.25) is 0 Å². The van der Waals surface area contributed by atoms with Crippen molar-refractivity contribution < 1.29 is 17.2 Å². The number of thiocarbonyl (C=S) groups is 1. The van der Waals surface area contributed by atoms with Gasteiger partial charge in [0.05, 0.1) is 11.0 Å². The number of sulfonamides is 1. The van der Waals surface area contributed by atoms with Crippen molar-refractivity contribution in [1.29, 1.82) is 0 Å². The zero-order valence-electron chi connectivity index (χ0n) is 10.2. The smallest absolute Gasteiger partial charge is 0.244 e. The minimum absolute atomic E-state index is 0.0204. The lowest BCUT2D eigenvalue weighted by atomic mass is 10.2. The van der Waals surface area contributed by atoms with E-state index in [0.29, 0.717) is 18.9 Å². The van der Waals surface area contributed by atoms with Crippen LogP contribution in [0.15, 0.2) is 23.1 Å². The summed E-state index contributed by atoms with van der Waals surface area (Å²) in [5.41, 5.74) is 5.42. The topological polar surface area (TPSA) is 72.2 Å². The fraction of sp³-hybridized carbons (Fsp3) is 0.364. The molecule has 8 heteroatoms. The summed E-state index contributed by atoms with van der Waals surface area (Å²) < 4.78 is 52.4. The summed E-state index contributed by atoms with van der Waals surface area (Å²) in [6.45, 7) is 1.83. The summed E-state index contributed by atoms with van der Waals surface area (Å²) in [6, 6.07) is 1.47. The molecule has 0 radical (unpaired) electrons. The highest BCUT2D eigenvalue weighted by Crippen LogP contribution is 2.16. The van der Waals surface area contributed by atoms with Crippen LogP contribution in [-0.4, -0.2) is 19.4 Å². The Bertz CT molecular complexity index is 576. The summed E-state index contributed by atoms with van der Waals surface area (Å²) in [7, 11) is -4.13. The Labute approximate surface area is 116 Å². The largest absolute Gasteiger partial charge is 0.392 e. The zero-order valence-corrected chi connectivity index (χ0v) is 11.8. The third-order valence-corrected chi connectivity index (χ3v) is 4.19. The Morgan fingerprint density at radius 1 is 1.47 bits per heavy atom. The van der Waals surface area contributed by atoms with E-state index in [4.69, 9.17) is 18.0 Å². The van der Waals surface area contributed by atoms with Crippen molar-refractivity contribution in [3.63, 3.8) is 0 Å². The molecule has 0 fully saturated rings. The Kier molecular flexibility index (Phi) is 5.33. The summed E-state index contributed by atoms with van der Waals surface area (Å²) >= 11 is 4.75. The van der Waals surface area contributed by atoms with E-state index in [9.17, 15) is 17.2 Å².